The molecular weight excluding hydrogens is 168 g/mol. The van der Waals surface area contributed by atoms with Crippen molar-refractivity contribution in [2.75, 3.05) is 19.6 Å². The summed E-state index contributed by atoms with van der Waals surface area (Å²) in [5.41, 5.74) is 0. The summed E-state index contributed by atoms with van der Waals surface area (Å²) >= 11 is 2.16. The molecule has 12 heavy (non-hydrogen) atoms. The number of nitrogens with one attached hydrogen (secondary N) is 2. The van der Waals surface area contributed by atoms with Crippen molar-refractivity contribution in [2.24, 2.45) is 0 Å². The van der Waals surface area contributed by atoms with Crippen molar-refractivity contribution in [3.8, 4) is 0 Å². The molecule has 0 aromatic heterocycles. The van der Waals surface area contributed by atoms with Crippen LogP contribution in [0.25, 0.3) is 0 Å². The molecule has 0 aromatic carbocycles. The van der Waals surface area contributed by atoms with Gasteiger partial charge in [-0.05, 0) is 38.9 Å². The van der Waals surface area contributed by atoms with Gasteiger partial charge in [-0.2, -0.15) is 0 Å². The second-order valence-electron chi connectivity index (χ2n) is 3.89. The van der Waals surface area contributed by atoms with E-state index in [-0.39, 0.29) is 0 Å². The molecule has 2 aliphatic heterocycles. The highest BCUT2D eigenvalue weighted by Gasteiger charge is 2.36. The third-order valence-electron chi connectivity index (χ3n) is 2.84. The zero-order chi connectivity index (χ0) is 8.44. The molecule has 2 saturated heterocycles. The standard InChI is InChI=1S/C9H18N2S/c1-8-2-5-11-9(12-8)3-6-10-7-4-9/h8,10-11H,2-7H2,1H3. The Morgan fingerprint density at radius 2 is 2.00 bits per heavy atom. The molecule has 0 aliphatic carbocycles. The average molecular weight is 186 g/mol. The van der Waals surface area contributed by atoms with Crippen LogP contribution >= 0.6 is 11.8 Å². The number of thioether (sulfide) groups is 1. The summed E-state index contributed by atoms with van der Waals surface area (Å²) in [4.78, 5) is 0.433. The largest absolute Gasteiger partial charge is 0.317 e. The monoisotopic (exact) mass is 186 g/mol. The van der Waals surface area contributed by atoms with Crippen LogP contribution in [0, 0.1) is 0 Å². The normalized spacial score (nSPS) is 35.2. The Balaban J connectivity index is 1.97. The lowest BCUT2D eigenvalue weighted by Crippen LogP contribution is -2.53. The number of hydrogen-bond acceptors (Lipinski definition) is 3. The van der Waals surface area contributed by atoms with Gasteiger partial charge in [-0.25, -0.2) is 0 Å². The van der Waals surface area contributed by atoms with E-state index in [0.717, 1.165) is 5.25 Å². The van der Waals surface area contributed by atoms with Crippen LogP contribution in [-0.2, 0) is 0 Å². The number of hydrogen-bond donors (Lipinski definition) is 2. The van der Waals surface area contributed by atoms with E-state index in [0.29, 0.717) is 4.87 Å². The van der Waals surface area contributed by atoms with Crippen molar-refractivity contribution in [1.29, 1.82) is 0 Å². The van der Waals surface area contributed by atoms with Gasteiger partial charge in [0.1, 0.15) is 0 Å². The highest BCUT2D eigenvalue weighted by molar-refractivity contribution is 8.01. The van der Waals surface area contributed by atoms with Crippen LogP contribution < -0.4 is 10.6 Å². The molecule has 2 heterocycles. The van der Waals surface area contributed by atoms with E-state index in [2.05, 4.69) is 29.3 Å². The second kappa shape index (κ2) is 3.56. The van der Waals surface area contributed by atoms with Crippen molar-refractivity contribution >= 4 is 11.8 Å². The molecule has 0 radical (unpaired) electrons. The van der Waals surface area contributed by atoms with E-state index in [1.807, 2.05) is 0 Å². The minimum absolute atomic E-state index is 0.433. The van der Waals surface area contributed by atoms with Crippen molar-refractivity contribution < 1.29 is 0 Å². The molecule has 0 amide bonds. The van der Waals surface area contributed by atoms with E-state index >= 15 is 0 Å². The maximum Gasteiger partial charge on any atom is 0.0672 e. The molecule has 70 valence electrons. The van der Waals surface area contributed by atoms with Gasteiger partial charge in [0.05, 0.1) is 4.87 Å². The maximum absolute atomic E-state index is 3.69. The topological polar surface area (TPSA) is 24.1 Å². The molecule has 0 saturated carbocycles. The summed E-state index contributed by atoms with van der Waals surface area (Å²) in [5, 5.41) is 7.96. The Bertz CT molecular complexity index is 149. The van der Waals surface area contributed by atoms with Gasteiger partial charge in [0, 0.05) is 5.25 Å². The Morgan fingerprint density at radius 1 is 1.25 bits per heavy atom. The van der Waals surface area contributed by atoms with E-state index in [1.54, 1.807) is 0 Å². The van der Waals surface area contributed by atoms with Crippen LogP contribution in [0.3, 0.4) is 0 Å². The van der Waals surface area contributed by atoms with Gasteiger partial charge in [0.15, 0.2) is 0 Å². The van der Waals surface area contributed by atoms with Gasteiger partial charge in [-0.1, -0.05) is 6.92 Å². The molecule has 1 spiro atoms. The molecule has 1 unspecified atom stereocenters. The Labute approximate surface area is 78.9 Å². The minimum atomic E-state index is 0.433. The molecule has 3 heteroatoms. The van der Waals surface area contributed by atoms with E-state index < -0.39 is 0 Å². The predicted octanol–water partition coefficient (Wildman–Crippen LogP) is 1.18. The highest BCUT2D eigenvalue weighted by Crippen LogP contribution is 2.38. The molecule has 2 rings (SSSR count). The zero-order valence-electron chi connectivity index (χ0n) is 7.73. The summed E-state index contributed by atoms with van der Waals surface area (Å²) < 4.78 is 0. The summed E-state index contributed by atoms with van der Waals surface area (Å²) in [6, 6.07) is 0. The fraction of sp³-hybridized carbons (Fsp3) is 1.00. The molecule has 1 atom stereocenters. The van der Waals surface area contributed by atoms with Crippen LogP contribution in [0.1, 0.15) is 26.2 Å². The quantitative estimate of drug-likeness (QED) is 0.594. The van der Waals surface area contributed by atoms with Crippen LogP contribution in [0.2, 0.25) is 0 Å². The van der Waals surface area contributed by atoms with Crippen LogP contribution in [0.4, 0.5) is 0 Å². The van der Waals surface area contributed by atoms with E-state index in [1.165, 1.54) is 38.9 Å². The fourth-order valence-corrected chi connectivity index (χ4v) is 3.75. The molecule has 2 nitrogen and oxygen atoms in total. The Kier molecular flexibility index (Phi) is 2.63. The zero-order valence-corrected chi connectivity index (χ0v) is 8.54. The number of rotatable bonds is 0. The molecule has 2 N–H and O–H groups in total. The fourth-order valence-electron chi connectivity index (χ4n) is 2.11. The first kappa shape index (κ1) is 8.85. The minimum Gasteiger partial charge on any atom is -0.317 e. The van der Waals surface area contributed by atoms with E-state index in [4.69, 9.17) is 0 Å². The van der Waals surface area contributed by atoms with Crippen LogP contribution in [0.5, 0.6) is 0 Å². The van der Waals surface area contributed by atoms with Crippen LogP contribution in [-0.4, -0.2) is 29.8 Å². The van der Waals surface area contributed by atoms with Crippen molar-refractivity contribution in [3.63, 3.8) is 0 Å². The first-order chi connectivity index (χ1) is 5.81. The second-order valence-corrected chi connectivity index (χ2v) is 5.71. The van der Waals surface area contributed by atoms with Gasteiger partial charge in [-0.3, -0.25) is 0 Å². The lowest BCUT2D eigenvalue weighted by molar-refractivity contribution is 0.338. The Hall–Kier alpha value is 0.270. The lowest BCUT2D eigenvalue weighted by Gasteiger charge is -2.43. The first-order valence-electron chi connectivity index (χ1n) is 4.94. The third kappa shape index (κ3) is 1.78. The molecule has 2 aliphatic rings. The highest BCUT2D eigenvalue weighted by atomic mass is 32.2. The van der Waals surface area contributed by atoms with Crippen LogP contribution in [0.15, 0.2) is 0 Å². The molecular formula is C9H18N2S. The average Bonchev–Trinajstić information content (AvgIpc) is 2.05. The van der Waals surface area contributed by atoms with Gasteiger partial charge in [0.25, 0.3) is 0 Å². The SMILES string of the molecule is CC1CCNC2(CCNCC2)S1. The van der Waals surface area contributed by atoms with Gasteiger partial charge in [-0.15, -0.1) is 11.8 Å². The smallest absolute Gasteiger partial charge is 0.0672 e. The first-order valence-corrected chi connectivity index (χ1v) is 5.82. The summed E-state index contributed by atoms with van der Waals surface area (Å²) in [5.74, 6) is 0. The lowest BCUT2D eigenvalue weighted by atomic mass is 10.1. The summed E-state index contributed by atoms with van der Waals surface area (Å²) in [7, 11) is 0. The van der Waals surface area contributed by atoms with Crippen molar-refractivity contribution in [3.05, 3.63) is 0 Å². The summed E-state index contributed by atoms with van der Waals surface area (Å²) in [6.45, 7) is 5.95. The van der Waals surface area contributed by atoms with Gasteiger partial charge >= 0.3 is 0 Å². The van der Waals surface area contributed by atoms with E-state index in [9.17, 15) is 0 Å². The van der Waals surface area contributed by atoms with Crippen molar-refractivity contribution in [1.82, 2.24) is 10.6 Å². The summed E-state index contributed by atoms with van der Waals surface area (Å²) in [6.07, 6.45) is 3.92. The van der Waals surface area contributed by atoms with Gasteiger partial charge in [0.2, 0.25) is 0 Å². The molecule has 2 fully saturated rings. The Morgan fingerprint density at radius 3 is 2.67 bits per heavy atom. The molecule has 0 bridgehead atoms. The van der Waals surface area contributed by atoms with Crippen molar-refractivity contribution in [2.45, 2.75) is 36.3 Å². The van der Waals surface area contributed by atoms with Gasteiger partial charge < -0.3 is 10.6 Å². The predicted molar refractivity (Wildman–Crippen MR) is 54.5 cm³/mol. The number of piperidine rings is 1. The maximum atomic E-state index is 3.69. The third-order valence-corrected chi connectivity index (χ3v) is 4.48. The molecule has 0 aromatic rings.